The van der Waals surface area contributed by atoms with Crippen LogP contribution in [0.2, 0.25) is 0 Å². The smallest absolute Gasteiger partial charge is 0.317 e. The fraction of sp³-hybridized carbons (Fsp3) is 0.688. The van der Waals surface area contributed by atoms with Gasteiger partial charge < -0.3 is 15.3 Å². The van der Waals surface area contributed by atoms with Crippen LogP contribution in [-0.4, -0.2) is 44.9 Å². The van der Waals surface area contributed by atoms with Gasteiger partial charge in [0.1, 0.15) is 0 Å². The van der Waals surface area contributed by atoms with Crippen LogP contribution in [-0.2, 0) is 11.3 Å². The predicted molar refractivity (Wildman–Crippen MR) is 83.9 cm³/mol. The van der Waals surface area contributed by atoms with Gasteiger partial charge in [0.25, 0.3) is 0 Å². The molecule has 3 rings (SSSR count). The highest BCUT2D eigenvalue weighted by atomic mass is 16.4. The second-order valence-electron chi connectivity index (χ2n) is 6.51. The van der Waals surface area contributed by atoms with Crippen LogP contribution in [0.1, 0.15) is 50.3 Å². The van der Waals surface area contributed by atoms with Gasteiger partial charge in [-0.15, -0.1) is 0 Å². The minimum atomic E-state index is -0.821. The van der Waals surface area contributed by atoms with Crippen LogP contribution >= 0.6 is 0 Å². The van der Waals surface area contributed by atoms with Gasteiger partial charge in [-0.1, -0.05) is 12.8 Å². The Morgan fingerprint density at radius 3 is 2.78 bits per heavy atom. The number of nitrogens with zero attached hydrogens (tertiary/aromatic N) is 3. The first kappa shape index (κ1) is 15.8. The summed E-state index contributed by atoms with van der Waals surface area (Å²) in [6.07, 6.45) is 8.24. The summed E-state index contributed by atoms with van der Waals surface area (Å²) in [7, 11) is 0. The first-order valence-corrected chi connectivity index (χ1v) is 8.43. The van der Waals surface area contributed by atoms with E-state index in [1.54, 1.807) is 4.90 Å². The maximum absolute atomic E-state index is 12.2. The number of aliphatic carboxylic acids is 1. The van der Waals surface area contributed by atoms with Gasteiger partial charge in [0, 0.05) is 19.3 Å². The lowest BCUT2D eigenvalue weighted by atomic mass is 9.99. The molecule has 2 N–H and O–H groups in total. The molecule has 1 aliphatic heterocycles. The van der Waals surface area contributed by atoms with E-state index in [2.05, 4.69) is 10.4 Å². The van der Waals surface area contributed by atoms with Gasteiger partial charge in [-0.05, 0) is 31.7 Å². The molecule has 2 aliphatic rings. The number of urea groups is 1. The van der Waals surface area contributed by atoms with Crippen molar-refractivity contribution in [2.45, 2.75) is 51.1 Å². The molecule has 2 amide bonds. The number of carbonyl (C=O) groups is 2. The normalized spacial score (nSPS) is 22.3. The number of carboxylic acid groups (broad SMARTS) is 1. The van der Waals surface area contributed by atoms with E-state index in [-0.39, 0.29) is 12.6 Å². The summed E-state index contributed by atoms with van der Waals surface area (Å²) < 4.78 is 2.01. The lowest BCUT2D eigenvalue weighted by Gasteiger charge is -2.30. The van der Waals surface area contributed by atoms with Crippen molar-refractivity contribution in [3.8, 4) is 0 Å². The van der Waals surface area contributed by atoms with E-state index >= 15 is 0 Å². The molecule has 1 aliphatic carbocycles. The minimum absolute atomic E-state index is 0.202. The second kappa shape index (κ2) is 7.02. The standard InChI is InChI=1S/C16H24N4O3/c21-15(22)12-4-3-8-19(11-12)16(23)17-10-13-7-9-20(18-13)14-5-1-2-6-14/h7,9,12,14H,1-6,8,10-11H2,(H,17,23)(H,21,22). The van der Waals surface area contributed by atoms with Crippen molar-refractivity contribution in [3.63, 3.8) is 0 Å². The average molecular weight is 320 g/mol. The highest BCUT2D eigenvalue weighted by Crippen LogP contribution is 2.28. The van der Waals surface area contributed by atoms with Crippen LogP contribution in [0.5, 0.6) is 0 Å². The van der Waals surface area contributed by atoms with Crippen LogP contribution in [0.4, 0.5) is 4.79 Å². The van der Waals surface area contributed by atoms with Gasteiger partial charge in [0.2, 0.25) is 0 Å². The monoisotopic (exact) mass is 320 g/mol. The molecule has 0 aromatic carbocycles. The van der Waals surface area contributed by atoms with E-state index in [1.165, 1.54) is 25.7 Å². The summed E-state index contributed by atoms with van der Waals surface area (Å²) in [4.78, 5) is 24.8. The molecule has 1 unspecified atom stereocenters. The second-order valence-corrected chi connectivity index (χ2v) is 6.51. The molecule has 0 bridgehead atoms. The molecule has 1 aromatic rings. The fourth-order valence-corrected chi connectivity index (χ4v) is 3.48. The molecule has 2 fully saturated rings. The maximum Gasteiger partial charge on any atom is 0.317 e. The van der Waals surface area contributed by atoms with Crippen molar-refractivity contribution in [2.24, 2.45) is 5.92 Å². The maximum atomic E-state index is 12.2. The highest BCUT2D eigenvalue weighted by Gasteiger charge is 2.28. The summed E-state index contributed by atoms with van der Waals surface area (Å²) in [5, 5.41) is 16.5. The van der Waals surface area contributed by atoms with E-state index in [0.717, 1.165) is 12.1 Å². The predicted octanol–water partition coefficient (Wildman–Crippen LogP) is 2.00. The van der Waals surface area contributed by atoms with E-state index in [1.807, 2.05) is 16.9 Å². The first-order valence-electron chi connectivity index (χ1n) is 8.43. The van der Waals surface area contributed by atoms with Gasteiger partial charge >= 0.3 is 12.0 Å². The van der Waals surface area contributed by atoms with Gasteiger partial charge in [0.05, 0.1) is 24.2 Å². The van der Waals surface area contributed by atoms with E-state index < -0.39 is 11.9 Å². The highest BCUT2D eigenvalue weighted by molar-refractivity contribution is 5.76. The average Bonchev–Trinajstić information content (AvgIpc) is 3.23. The molecule has 0 radical (unpaired) electrons. The largest absolute Gasteiger partial charge is 0.481 e. The number of nitrogens with one attached hydrogen (secondary N) is 1. The Morgan fingerprint density at radius 1 is 1.26 bits per heavy atom. The van der Waals surface area contributed by atoms with E-state index in [4.69, 9.17) is 5.11 Å². The third kappa shape index (κ3) is 3.83. The Balaban J connectivity index is 1.49. The van der Waals surface area contributed by atoms with Gasteiger partial charge in [-0.3, -0.25) is 9.48 Å². The molecule has 1 saturated heterocycles. The zero-order valence-electron chi connectivity index (χ0n) is 13.3. The topological polar surface area (TPSA) is 87.5 Å². The van der Waals surface area contributed by atoms with Crippen molar-refractivity contribution in [1.82, 2.24) is 20.0 Å². The molecular formula is C16H24N4O3. The van der Waals surface area contributed by atoms with Crippen LogP contribution in [0.3, 0.4) is 0 Å². The van der Waals surface area contributed by atoms with Crippen molar-refractivity contribution in [2.75, 3.05) is 13.1 Å². The Hall–Kier alpha value is -2.05. The molecule has 126 valence electrons. The van der Waals surface area contributed by atoms with E-state index in [0.29, 0.717) is 25.6 Å². The quantitative estimate of drug-likeness (QED) is 0.888. The zero-order valence-corrected chi connectivity index (χ0v) is 13.3. The third-order valence-electron chi connectivity index (χ3n) is 4.84. The number of hydrogen-bond acceptors (Lipinski definition) is 3. The molecule has 7 heteroatoms. The van der Waals surface area contributed by atoms with Crippen LogP contribution < -0.4 is 5.32 Å². The molecule has 1 saturated carbocycles. The Morgan fingerprint density at radius 2 is 2.04 bits per heavy atom. The fourth-order valence-electron chi connectivity index (χ4n) is 3.48. The minimum Gasteiger partial charge on any atom is -0.481 e. The van der Waals surface area contributed by atoms with Gasteiger partial charge in [-0.2, -0.15) is 5.10 Å². The van der Waals surface area contributed by atoms with Crippen LogP contribution in [0, 0.1) is 5.92 Å². The third-order valence-corrected chi connectivity index (χ3v) is 4.84. The summed E-state index contributed by atoms with van der Waals surface area (Å²) >= 11 is 0. The Labute approximate surface area is 135 Å². The van der Waals surface area contributed by atoms with Gasteiger partial charge in [-0.25, -0.2) is 4.79 Å². The summed E-state index contributed by atoms with van der Waals surface area (Å²) in [5.41, 5.74) is 0.844. The lowest BCUT2D eigenvalue weighted by molar-refractivity contribution is -0.143. The molecule has 0 spiro atoms. The van der Waals surface area contributed by atoms with Crippen LogP contribution in [0.25, 0.3) is 0 Å². The van der Waals surface area contributed by atoms with Crippen LogP contribution in [0.15, 0.2) is 12.3 Å². The molecule has 7 nitrogen and oxygen atoms in total. The Kier molecular flexibility index (Phi) is 4.83. The summed E-state index contributed by atoms with van der Waals surface area (Å²) in [5.74, 6) is -1.27. The van der Waals surface area contributed by atoms with Crippen molar-refractivity contribution < 1.29 is 14.7 Å². The number of piperidine rings is 1. The molecular weight excluding hydrogens is 296 g/mol. The molecule has 1 atom stereocenters. The molecule has 2 heterocycles. The molecule has 23 heavy (non-hydrogen) atoms. The van der Waals surface area contributed by atoms with Crippen molar-refractivity contribution >= 4 is 12.0 Å². The number of carbonyl (C=O) groups excluding carboxylic acids is 1. The SMILES string of the molecule is O=C(O)C1CCCN(C(=O)NCc2ccn(C3CCCC3)n2)C1. The number of rotatable bonds is 4. The van der Waals surface area contributed by atoms with Crippen molar-refractivity contribution in [1.29, 1.82) is 0 Å². The zero-order chi connectivity index (χ0) is 16.2. The lowest BCUT2D eigenvalue weighted by Crippen LogP contribution is -2.46. The number of likely N-dealkylation sites (tertiary alicyclic amines) is 1. The number of amides is 2. The summed E-state index contributed by atoms with van der Waals surface area (Å²) in [6, 6.07) is 2.23. The number of aromatic nitrogens is 2. The number of carboxylic acids is 1. The molecule has 1 aromatic heterocycles. The summed E-state index contributed by atoms with van der Waals surface area (Å²) in [6.45, 7) is 1.29. The number of hydrogen-bond donors (Lipinski definition) is 2. The van der Waals surface area contributed by atoms with E-state index in [9.17, 15) is 9.59 Å². The van der Waals surface area contributed by atoms with Crippen molar-refractivity contribution in [3.05, 3.63) is 18.0 Å². The Bertz CT molecular complexity index is 565. The first-order chi connectivity index (χ1) is 11.1. The van der Waals surface area contributed by atoms with Gasteiger partial charge in [0.15, 0.2) is 0 Å².